The molecule has 0 atom stereocenters. The van der Waals surface area contributed by atoms with Crippen LogP contribution in [0.2, 0.25) is 0 Å². The Bertz CT molecular complexity index is 191. The molecule has 0 aliphatic carbocycles. The molecule has 0 aromatic heterocycles. The van der Waals surface area contributed by atoms with Crippen LogP contribution in [0.1, 0.15) is 0 Å². The van der Waals surface area contributed by atoms with E-state index in [1.54, 1.807) is 0 Å². The summed E-state index contributed by atoms with van der Waals surface area (Å²) in [7, 11) is -1.60. The minimum absolute atomic E-state index is 0. The molecule has 0 bridgehead atoms. The summed E-state index contributed by atoms with van der Waals surface area (Å²) in [5.41, 5.74) is 0. The van der Waals surface area contributed by atoms with Crippen molar-refractivity contribution in [2.24, 2.45) is 0 Å². The van der Waals surface area contributed by atoms with E-state index in [9.17, 15) is 8.42 Å². The van der Waals surface area contributed by atoms with Crippen LogP contribution in [0.3, 0.4) is 0 Å². The first-order valence-corrected chi connectivity index (χ1v) is 3.38. The Morgan fingerprint density at radius 2 is 1.29 bits per heavy atom. The first-order valence-electron chi connectivity index (χ1n) is 2.05. The van der Waals surface area contributed by atoms with Gasteiger partial charge in [0.05, 0.1) is 14.2 Å². The molecular formula is C2H10F3NO7S. The lowest BCUT2D eigenvalue weighted by Crippen LogP contribution is -2.02. The molecular weight excluding hydrogens is 239 g/mol. The maximum absolute atomic E-state index is 9.92. The van der Waals surface area contributed by atoms with E-state index in [2.05, 4.69) is 8.37 Å². The molecule has 0 radical (unpaired) electrons. The van der Waals surface area contributed by atoms with Gasteiger partial charge in [0.2, 0.25) is 0 Å². The van der Waals surface area contributed by atoms with Crippen molar-refractivity contribution < 1.29 is 41.2 Å². The van der Waals surface area contributed by atoms with Crippen molar-refractivity contribution in [2.75, 3.05) is 14.2 Å². The van der Waals surface area contributed by atoms with E-state index in [1.165, 1.54) is 0 Å². The Morgan fingerprint density at radius 1 is 1.14 bits per heavy atom. The first kappa shape index (κ1) is 29.3. The van der Waals surface area contributed by atoms with E-state index in [0.717, 1.165) is 14.2 Å². The molecule has 0 aromatic rings. The smallest absolute Gasteiger partial charge is 0.328 e. The molecule has 0 unspecified atom stereocenters. The van der Waals surface area contributed by atoms with Gasteiger partial charge in [0.15, 0.2) is 0 Å². The van der Waals surface area contributed by atoms with Gasteiger partial charge in [-0.05, 0) is 0 Å². The number of rotatable bonds is 2. The maximum atomic E-state index is 9.92. The minimum Gasteiger partial charge on any atom is -0.328 e. The lowest BCUT2D eigenvalue weighted by molar-refractivity contribution is -0.742. The zero-order chi connectivity index (χ0) is 9.49. The van der Waals surface area contributed by atoms with Crippen LogP contribution in [-0.2, 0) is 18.8 Å². The third-order valence-corrected chi connectivity index (χ3v) is 1.22. The second-order valence-corrected chi connectivity index (χ2v) is 2.46. The van der Waals surface area contributed by atoms with Gasteiger partial charge in [-0.1, -0.05) is 0 Å². The van der Waals surface area contributed by atoms with Crippen LogP contribution in [0.5, 0.6) is 0 Å². The van der Waals surface area contributed by atoms with E-state index in [1.807, 2.05) is 0 Å². The number of hydrogen-bond donors (Lipinski definition) is 1. The van der Waals surface area contributed by atoms with E-state index in [-0.39, 0.29) is 14.1 Å². The summed E-state index contributed by atoms with van der Waals surface area (Å²) in [4.78, 5) is 8.36. The van der Waals surface area contributed by atoms with Gasteiger partial charge in [-0.3, -0.25) is 22.5 Å². The number of nitrogens with zero attached hydrogens (tertiary/aromatic N) is 1. The van der Waals surface area contributed by atoms with Crippen LogP contribution in [0.25, 0.3) is 0 Å². The third-order valence-electron chi connectivity index (χ3n) is 0.408. The lowest BCUT2D eigenvalue weighted by Gasteiger charge is -1.91. The van der Waals surface area contributed by atoms with Gasteiger partial charge < -0.3 is 5.21 Å². The van der Waals surface area contributed by atoms with Gasteiger partial charge >= 0.3 is 10.4 Å². The maximum Gasteiger partial charge on any atom is 0.399 e. The zero-order valence-electron chi connectivity index (χ0n) is 6.98. The van der Waals surface area contributed by atoms with Crippen LogP contribution < -0.4 is 0 Å². The average Bonchev–Trinajstić information content (AvgIpc) is 1.87. The van der Waals surface area contributed by atoms with E-state index >= 15 is 0 Å². The fraction of sp³-hybridized carbons (Fsp3) is 1.00. The zero-order valence-corrected chi connectivity index (χ0v) is 7.79. The predicted molar refractivity (Wildman–Crippen MR) is 39.2 cm³/mol. The Hall–Kier alpha value is -1.14. The van der Waals surface area contributed by atoms with Gasteiger partial charge in [-0.25, -0.2) is 0 Å². The normalized spacial score (nSPS) is 7.57. The van der Waals surface area contributed by atoms with Crippen molar-refractivity contribution >= 4 is 10.4 Å². The van der Waals surface area contributed by atoms with Crippen LogP contribution in [0.15, 0.2) is 0 Å². The second-order valence-electron chi connectivity index (χ2n) is 0.979. The molecule has 1 N–H and O–H groups in total. The highest BCUT2D eigenvalue weighted by Crippen LogP contribution is 1.85. The molecule has 0 aliphatic heterocycles. The molecule has 0 rings (SSSR count). The fourth-order valence-corrected chi connectivity index (χ4v) is 0.204. The standard InChI is InChI=1S/C2H6O4S.3FH.HNO3/c1-5-7(3,4)6-2;;;;2-1(3)4/h1-2H3;3*1H;(H,2,3,4). The molecule has 0 saturated carbocycles. The Morgan fingerprint density at radius 3 is 1.29 bits per heavy atom. The highest BCUT2D eigenvalue weighted by Gasteiger charge is 2.01. The lowest BCUT2D eigenvalue weighted by atomic mass is 11.8. The molecule has 92 valence electrons. The van der Waals surface area contributed by atoms with Crippen LogP contribution in [0, 0.1) is 10.1 Å². The highest BCUT2D eigenvalue weighted by atomic mass is 32.3. The summed E-state index contributed by atoms with van der Waals surface area (Å²) in [6, 6.07) is 0. The van der Waals surface area contributed by atoms with Crippen LogP contribution in [-0.4, -0.2) is 32.9 Å². The van der Waals surface area contributed by atoms with Crippen molar-refractivity contribution in [3.63, 3.8) is 0 Å². The van der Waals surface area contributed by atoms with Gasteiger partial charge in [-0.15, -0.1) is 10.1 Å². The van der Waals surface area contributed by atoms with Gasteiger partial charge in [0.1, 0.15) is 0 Å². The SMILES string of the molecule is COS(=O)(=O)OC.F.F.F.O=[N+]([O-])O. The molecule has 12 heteroatoms. The molecule has 0 fully saturated rings. The third kappa shape index (κ3) is 44.7. The van der Waals surface area contributed by atoms with Crippen molar-refractivity contribution in [2.45, 2.75) is 0 Å². The predicted octanol–water partition coefficient (Wildman–Crippen LogP) is -0.366. The Balaban J connectivity index is -0.0000000347. The highest BCUT2D eigenvalue weighted by molar-refractivity contribution is 7.81. The summed E-state index contributed by atoms with van der Waals surface area (Å²) in [6.45, 7) is 0. The second kappa shape index (κ2) is 14.4. The molecule has 0 saturated heterocycles. The van der Waals surface area contributed by atoms with E-state index < -0.39 is 15.5 Å². The molecule has 0 heterocycles. The molecule has 0 spiro atoms. The molecule has 14 heavy (non-hydrogen) atoms. The van der Waals surface area contributed by atoms with Gasteiger partial charge in [-0.2, -0.15) is 8.42 Å². The molecule has 0 aromatic carbocycles. The summed E-state index contributed by atoms with van der Waals surface area (Å²) in [5.74, 6) is 0. The van der Waals surface area contributed by atoms with Crippen molar-refractivity contribution in [1.82, 2.24) is 0 Å². The average molecular weight is 249 g/mol. The topological polar surface area (TPSA) is 116 Å². The van der Waals surface area contributed by atoms with Crippen molar-refractivity contribution in [1.29, 1.82) is 0 Å². The monoisotopic (exact) mass is 249 g/mol. The minimum atomic E-state index is -3.66. The number of hydrogen-bond acceptors (Lipinski definition) is 6. The quantitative estimate of drug-likeness (QED) is 0.524. The van der Waals surface area contributed by atoms with Crippen molar-refractivity contribution in [3.05, 3.63) is 10.1 Å². The summed E-state index contributed by atoms with van der Waals surface area (Å²) in [6.07, 6.45) is 0. The molecule has 0 amide bonds. The van der Waals surface area contributed by atoms with E-state index in [4.69, 9.17) is 15.3 Å². The first-order chi connectivity index (χ1) is 4.85. The summed E-state index contributed by atoms with van der Waals surface area (Å²) in [5, 5.41) is 13.6. The van der Waals surface area contributed by atoms with Crippen LogP contribution >= 0.6 is 0 Å². The Labute approximate surface area is 77.0 Å². The number of halogens is 3. The van der Waals surface area contributed by atoms with E-state index in [0.29, 0.717) is 0 Å². The van der Waals surface area contributed by atoms with Crippen molar-refractivity contribution in [3.8, 4) is 0 Å². The molecule has 0 aliphatic rings. The largest absolute Gasteiger partial charge is 0.399 e. The van der Waals surface area contributed by atoms with Gasteiger partial charge in [0, 0.05) is 0 Å². The fourth-order valence-electron chi connectivity index (χ4n) is 0.0680. The summed E-state index contributed by atoms with van der Waals surface area (Å²) >= 11 is 0. The molecule has 8 nitrogen and oxygen atoms in total. The van der Waals surface area contributed by atoms with Gasteiger partial charge in [0.25, 0.3) is 5.09 Å². The van der Waals surface area contributed by atoms with Crippen LogP contribution in [0.4, 0.5) is 14.1 Å². The Kier molecular flexibility index (Phi) is 30.1. The summed E-state index contributed by atoms with van der Waals surface area (Å²) < 4.78 is 27.5.